The number of carbonyl (C=O) groups excluding carboxylic acids is 1. The molecule has 0 radical (unpaired) electrons. The molecule has 5 nitrogen and oxygen atoms in total. The molecule has 1 fully saturated rings. The molecule has 0 bridgehead atoms. The van der Waals surface area contributed by atoms with E-state index in [0.29, 0.717) is 5.11 Å². The maximum Gasteiger partial charge on any atom is 0.253 e. The predicted molar refractivity (Wildman–Crippen MR) is 112 cm³/mol. The average Bonchev–Trinajstić information content (AvgIpc) is 2.90. The molecule has 0 aliphatic carbocycles. The number of hydrogen-bond donors (Lipinski definition) is 2. The largest absolute Gasteiger partial charge is 0.491 e. The molecular weight excluding hydrogens is 358 g/mol. The summed E-state index contributed by atoms with van der Waals surface area (Å²) in [6.45, 7) is 7.60. The van der Waals surface area contributed by atoms with Crippen LogP contribution in [0.25, 0.3) is 0 Å². The van der Waals surface area contributed by atoms with E-state index in [2.05, 4.69) is 10.6 Å². The third-order valence-corrected chi connectivity index (χ3v) is 5.20. The highest BCUT2D eigenvalue weighted by atomic mass is 32.1. The summed E-state index contributed by atoms with van der Waals surface area (Å²) >= 11 is 5.35. The Hall–Kier alpha value is -2.08. The lowest BCUT2D eigenvalue weighted by Crippen LogP contribution is -2.47. The second-order valence-corrected chi connectivity index (χ2v) is 7.92. The van der Waals surface area contributed by atoms with Crippen molar-refractivity contribution in [2.45, 2.75) is 58.6 Å². The monoisotopic (exact) mass is 387 g/mol. The summed E-state index contributed by atoms with van der Waals surface area (Å²) in [5.74, 6) is 0.927. The number of amides is 1. The molecule has 2 aliphatic rings. The van der Waals surface area contributed by atoms with Crippen molar-refractivity contribution in [3.63, 3.8) is 0 Å². The van der Waals surface area contributed by atoms with Crippen LogP contribution in [-0.4, -0.2) is 35.1 Å². The molecule has 1 amide bonds. The standard InChI is InChI=1S/C21H29N3O2S/c1-14(2)26-17-10-8-16(9-11-17)19-18(15(3)22-21(27)23-19)20(25)24-12-6-4-5-7-13-24/h8-11,14,19H,4-7,12-13H2,1-3H3,(H2,22,23,27)/t19-/m1/s1. The van der Waals surface area contributed by atoms with Crippen LogP contribution in [0.1, 0.15) is 58.1 Å². The summed E-state index contributed by atoms with van der Waals surface area (Å²) in [7, 11) is 0. The van der Waals surface area contributed by atoms with Gasteiger partial charge in [0.15, 0.2) is 5.11 Å². The van der Waals surface area contributed by atoms with Crippen molar-refractivity contribution in [1.29, 1.82) is 0 Å². The zero-order valence-electron chi connectivity index (χ0n) is 16.4. The minimum Gasteiger partial charge on any atom is -0.491 e. The smallest absolute Gasteiger partial charge is 0.253 e. The fourth-order valence-electron chi connectivity index (χ4n) is 3.68. The van der Waals surface area contributed by atoms with Crippen LogP contribution < -0.4 is 15.4 Å². The molecule has 2 heterocycles. The van der Waals surface area contributed by atoms with Crippen LogP contribution in [0.4, 0.5) is 0 Å². The van der Waals surface area contributed by atoms with Crippen molar-refractivity contribution in [2.75, 3.05) is 13.1 Å². The number of hydrogen-bond acceptors (Lipinski definition) is 3. The van der Waals surface area contributed by atoms with Gasteiger partial charge in [-0.2, -0.15) is 0 Å². The molecule has 2 N–H and O–H groups in total. The van der Waals surface area contributed by atoms with E-state index in [-0.39, 0.29) is 18.1 Å². The van der Waals surface area contributed by atoms with Gasteiger partial charge >= 0.3 is 0 Å². The van der Waals surface area contributed by atoms with E-state index in [1.54, 1.807) is 0 Å². The van der Waals surface area contributed by atoms with E-state index in [9.17, 15) is 4.79 Å². The van der Waals surface area contributed by atoms with Crippen LogP contribution in [0.15, 0.2) is 35.5 Å². The van der Waals surface area contributed by atoms with Crippen LogP contribution in [0, 0.1) is 0 Å². The molecule has 3 rings (SSSR count). The zero-order chi connectivity index (χ0) is 19.4. The number of nitrogens with one attached hydrogen (secondary N) is 2. The number of nitrogens with zero attached hydrogens (tertiary/aromatic N) is 1. The molecule has 1 aromatic rings. The summed E-state index contributed by atoms with van der Waals surface area (Å²) in [6, 6.07) is 7.66. The third-order valence-electron chi connectivity index (χ3n) is 4.98. The zero-order valence-corrected chi connectivity index (χ0v) is 17.2. The lowest BCUT2D eigenvalue weighted by Gasteiger charge is -2.33. The molecule has 0 aromatic heterocycles. The molecule has 27 heavy (non-hydrogen) atoms. The van der Waals surface area contributed by atoms with Gasteiger partial charge in [-0.15, -0.1) is 0 Å². The van der Waals surface area contributed by atoms with Gasteiger partial charge in [-0.05, 0) is 63.5 Å². The normalized spacial score (nSPS) is 20.8. The number of likely N-dealkylation sites (tertiary alicyclic amines) is 1. The van der Waals surface area contributed by atoms with Gasteiger partial charge in [0.25, 0.3) is 5.91 Å². The van der Waals surface area contributed by atoms with Crippen molar-refractivity contribution in [2.24, 2.45) is 0 Å². The Bertz CT molecular complexity index is 719. The Morgan fingerprint density at radius 1 is 1.15 bits per heavy atom. The fourth-order valence-corrected chi connectivity index (χ4v) is 3.95. The number of thiocarbonyl (C=S) groups is 1. The Morgan fingerprint density at radius 3 is 2.37 bits per heavy atom. The lowest BCUT2D eigenvalue weighted by molar-refractivity contribution is -0.127. The molecule has 1 atom stereocenters. The van der Waals surface area contributed by atoms with E-state index in [1.807, 2.05) is 49.9 Å². The maximum atomic E-state index is 13.3. The first-order valence-electron chi connectivity index (χ1n) is 9.80. The lowest BCUT2D eigenvalue weighted by atomic mass is 9.94. The molecular formula is C21H29N3O2S. The predicted octanol–water partition coefficient (Wildman–Crippen LogP) is 3.67. The van der Waals surface area contributed by atoms with Crippen LogP contribution in [-0.2, 0) is 4.79 Å². The molecule has 0 unspecified atom stereocenters. The van der Waals surface area contributed by atoms with Crippen LogP contribution in [0.5, 0.6) is 5.75 Å². The molecule has 146 valence electrons. The van der Waals surface area contributed by atoms with Crippen LogP contribution >= 0.6 is 12.2 Å². The van der Waals surface area contributed by atoms with Gasteiger partial charge in [0, 0.05) is 18.8 Å². The summed E-state index contributed by atoms with van der Waals surface area (Å²) in [5.41, 5.74) is 2.59. The summed E-state index contributed by atoms with van der Waals surface area (Å²) in [5, 5.41) is 6.96. The Balaban J connectivity index is 1.88. The second kappa shape index (κ2) is 8.74. The highest BCUT2D eigenvalue weighted by Gasteiger charge is 2.32. The van der Waals surface area contributed by atoms with Crippen molar-refractivity contribution in [1.82, 2.24) is 15.5 Å². The summed E-state index contributed by atoms with van der Waals surface area (Å²) in [6.07, 6.45) is 4.67. The van der Waals surface area contributed by atoms with E-state index in [4.69, 9.17) is 17.0 Å². The van der Waals surface area contributed by atoms with Gasteiger partial charge in [-0.1, -0.05) is 25.0 Å². The Kier molecular flexibility index (Phi) is 6.37. The number of ether oxygens (including phenoxy) is 1. The highest BCUT2D eigenvalue weighted by Crippen LogP contribution is 2.30. The average molecular weight is 388 g/mol. The minimum atomic E-state index is -0.248. The third kappa shape index (κ3) is 4.80. The van der Waals surface area contributed by atoms with Gasteiger partial charge in [-0.3, -0.25) is 4.79 Å². The topological polar surface area (TPSA) is 53.6 Å². The molecule has 6 heteroatoms. The van der Waals surface area contributed by atoms with Gasteiger partial charge < -0.3 is 20.3 Å². The first-order valence-corrected chi connectivity index (χ1v) is 10.2. The van der Waals surface area contributed by atoms with E-state index in [1.165, 1.54) is 12.8 Å². The Morgan fingerprint density at radius 2 is 1.78 bits per heavy atom. The molecule has 1 saturated heterocycles. The van der Waals surface area contributed by atoms with Gasteiger partial charge in [0.1, 0.15) is 5.75 Å². The molecule has 0 saturated carbocycles. The molecule has 2 aliphatic heterocycles. The Labute approximate surface area is 167 Å². The van der Waals surface area contributed by atoms with Gasteiger partial charge in [-0.25, -0.2) is 0 Å². The number of benzene rings is 1. The number of carbonyl (C=O) groups is 1. The van der Waals surface area contributed by atoms with Gasteiger partial charge in [0.2, 0.25) is 0 Å². The van der Waals surface area contributed by atoms with E-state index < -0.39 is 0 Å². The van der Waals surface area contributed by atoms with Crippen molar-refractivity contribution >= 4 is 23.2 Å². The molecule has 0 spiro atoms. The van der Waals surface area contributed by atoms with Crippen LogP contribution in [0.3, 0.4) is 0 Å². The SMILES string of the molecule is CC1=C(C(=O)N2CCCCCC2)[C@@H](c2ccc(OC(C)C)cc2)NC(=S)N1. The quantitative estimate of drug-likeness (QED) is 0.772. The number of rotatable bonds is 4. The van der Waals surface area contributed by atoms with Gasteiger partial charge in [0.05, 0.1) is 17.7 Å². The first kappa shape index (κ1) is 19.7. The summed E-state index contributed by atoms with van der Waals surface area (Å²) < 4.78 is 5.74. The van der Waals surface area contributed by atoms with Crippen molar-refractivity contribution in [3.05, 3.63) is 41.1 Å². The van der Waals surface area contributed by atoms with Crippen molar-refractivity contribution < 1.29 is 9.53 Å². The van der Waals surface area contributed by atoms with Crippen molar-refractivity contribution in [3.8, 4) is 5.75 Å². The highest BCUT2D eigenvalue weighted by molar-refractivity contribution is 7.80. The second-order valence-electron chi connectivity index (χ2n) is 7.51. The summed E-state index contributed by atoms with van der Waals surface area (Å²) in [4.78, 5) is 15.3. The fraction of sp³-hybridized carbons (Fsp3) is 0.524. The molecule has 1 aromatic carbocycles. The van der Waals surface area contributed by atoms with E-state index >= 15 is 0 Å². The first-order chi connectivity index (χ1) is 13.0. The van der Waals surface area contributed by atoms with E-state index in [0.717, 1.165) is 48.5 Å². The van der Waals surface area contributed by atoms with Crippen LogP contribution in [0.2, 0.25) is 0 Å². The number of allylic oxidation sites excluding steroid dienone is 1. The maximum absolute atomic E-state index is 13.3. The minimum absolute atomic E-state index is 0.101.